The average Bonchev–Trinajstić information content (AvgIpc) is 1.95. The third kappa shape index (κ3) is 1.16. The van der Waals surface area contributed by atoms with E-state index < -0.39 is 6.85 Å². The minimum absolute atomic E-state index is 0.299. The van der Waals surface area contributed by atoms with Crippen LogP contribution in [0.1, 0.15) is 15.2 Å². The molecule has 0 fully saturated rings. The van der Waals surface area contributed by atoms with Crippen LogP contribution < -0.4 is 5.73 Å². The molecule has 0 aromatic heterocycles. The smallest absolute Gasteiger partial charge is 0.0461 e. The van der Waals surface area contributed by atoms with Crippen molar-refractivity contribution in [1.82, 2.24) is 0 Å². The molecule has 0 saturated carbocycles. The lowest BCUT2D eigenvalue weighted by molar-refractivity contribution is 1.32. The second kappa shape index (κ2) is 2.62. The Labute approximate surface area is 73.6 Å². The van der Waals surface area contributed by atoms with Gasteiger partial charge in [0.15, 0.2) is 0 Å². The van der Waals surface area contributed by atoms with E-state index in [2.05, 4.69) is 15.9 Å². The van der Waals surface area contributed by atoms with Crippen molar-refractivity contribution < 1.29 is 4.11 Å². The van der Waals surface area contributed by atoms with Crippen LogP contribution in [-0.4, -0.2) is 0 Å². The van der Waals surface area contributed by atoms with Crippen LogP contribution in [0.3, 0.4) is 0 Å². The summed E-state index contributed by atoms with van der Waals surface area (Å²) in [7, 11) is 0. The second-order valence-electron chi connectivity index (χ2n) is 2.16. The van der Waals surface area contributed by atoms with E-state index in [4.69, 9.17) is 9.85 Å². The Balaban J connectivity index is 3.43. The number of nitrogen functional groups attached to an aromatic ring is 1. The topological polar surface area (TPSA) is 26.0 Å². The number of benzene rings is 1. The third-order valence-corrected chi connectivity index (χ3v) is 2.23. The summed E-state index contributed by atoms with van der Waals surface area (Å²) in [5.74, 6) is 0. The lowest BCUT2D eigenvalue weighted by Crippen LogP contribution is -1.90. The molecule has 0 unspecified atom stereocenters. The van der Waals surface area contributed by atoms with E-state index >= 15 is 0 Å². The van der Waals surface area contributed by atoms with Crippen LogP contribution in [-0.2, 0) is 0 Å². The number of nitrogens with two attached hydrogens (primary N) is 1. The summed E-state index contributed by atoms with van der Waals surface area (Å²) < 4.78 is 22.4. The zero-order valence-electron chi connectivity index (χ0n) is 8.61. The van der Waals surface area contributed by atoms with Gasteiger partial charge in [0.2, 0.25) is 0 Å². The maximum Gasteiger partial charge on any atom is 0.0461 e. The van der Waals surface area contributed by atoms with E-state index in [0.717, 1.165) is 5.56 Å². The number of hydrogen-bond donors (Lipinski definition) is 1. The molecule has 0 spiro atoms. The van der Waals surface area contributed by atoms with E-state index in [1.54, 1.807) is 19.1 Å². The summed E-state index contributed by atoms with van der Waals surface area (Å²) in [6.07, 6.45) is 0. The van der Waals surface area contributed by atoms with Gasteiger partial charge in [-0.1, -0.05) is 6.07 Å². The molecule has 0 amide bonds. The molecule has 0 aliphatic rings. The van der Waals surface area contributed by atoms with Crippen LogP contribution in [0.2, 0.25) is 0 Å². The average molecular weight is 203 g/mol. The summed E-state index contributed by atoms with van der Waals surface area (Å²) in [6.45, 7) is -0.357. The molecule has 1 rings (SSSR count). The number of halogens is 1. The number of anilines is 1. The summed E-state index contributed by atoms with van der Waals surface area (Å²) in [6, 6.07) is 3.40. The molecule has 54 valence electrons. The minimum atomic E-state index is -2.11. The molecule has 2 heteroatoms. The summed E-state index contributed by atoms with van der Waals surface area (Å²) in [5, 5.41) is 0. The number of rotatable bonds is 0. The predicted octanol–water partition coefficient (Wildman–Crippen LogP) is 2.65. The van der Waals surface area contributed by atoms with Crippen molar-refractivity contribution >= 4 is 21.6 Å². The van der Waals surface area contributed by atoms with Crippen LogP contribution in [0.4, 0.5) is 5.69 Å². The molecule has 0 heterocycles. The van der Waals surface area contributed by atoms with Crippen LogP contribution >= 0.6 is 15.9 Å². The highest BCUT2D eigenvalue weighted by Crippen LogP contribution is 2.25. The van der Waals surface area contributed by atoms with Gasteiger partial charge in [0, 0.05) is 14.3 Å². The Morgan fingerprint density at radius 1 is 1.60 bits per heavy atom. The zero-order chi connectivity index (χ0) is 10.2. The Morgan fingerprint density at radius 2 is 2.30 bits per heavy atom. The van der Waals surface area contributed by atoms with Crippen LogP contribution in [0.25, 0.3) is 0 Å². The molecule has 1 aromatic carbocycles. The Morgan fingerprint density at radius 3 is 2.80 bits per heavy atom. The maximum atomic E-state index is 7.30. The van der Waals surface area contributed by atoms with E-state index in [0.29, 0.717) is 15.7 Å². The molecular weight excluding hydrogens is 190 g/mol. The zero-order valence-corrected chi connectivity index (χ0v) is 7.20. The third-order valence-electron chi connectivity index (χ3n) is 1.38. The summed E-state index contributed by atoms with van der Waals surface area (Å²) in [5.41, 5.74) is 7.07. The maximum absolute atomic E-state index is 7.30. The summed E-state index contributed by atoms with van der Waals surface area (Å²) in [4.78, 5) is 0. The van der Waals surface area contributed by atoms with E-state index in [9.17, 15) is 0 Å². The van der Waals surface area contributed by atoms with Crippen molar-refractivity contribution in [3.8, 4) is 0 Å². The molecule has 0 saturated heterocycles. The van der Waals surface area contributed by atoms with Gasteiger partial charge in [-0.15, -0.1) is 0 Å². The molecule has 0 aliphatic heterocycles. The van der Waals surface area contributed by atoms with Gasteiger partial charge in [-0.3, -0.25) is 0 Å². The molecule has 1 nitrogen and oxygen atoms in total. The van der Waals surface area contributed by atoms with E-state index in [-0.39, 0.29) is 0 Å². The first kappa shape index (κ1) is 4.39. The molecule has 2 N–H and O–H groups in total. The van der Waals surface area contributed by atoms with Crippen molar-refractivity contribution in [1.29, 1.82) is 0 Å². The fourth-order valence-electron chi connectivity index (χ4n) is 0.689. The second-order valence-corrected chi connectivity index (χ2v) is 2.95. The molecule has 0 atom stereocenters. The highest BCUT2D eigenvalue weighted by Gasteiger charge is 2.00. The first-order chi connectivity index (χ1) is 5.84. The Kier molecular flexibility index (Phi) is 1.15. The minimum Gasteiger partial charge on any atom is -0.398 e. The van der Waals surface area contributed by atoms with Crippen molar-refractivity contribution in [2.75, 3.05) is 5.73 Å². The van der Waals surface area contributed by atoms with E-state index in [1.165, 1.54) is 0 Å². The highest BCUT2D eigenvalue weighted by molar-refractivity contribution is 9.10. The molecule has 10 heavy (non-hydrogen) atoms. The SMILES string of the molecule is [2H]C([2H])([2H])c1c(C)ccc(N)c1Br. The van der Waals surface area contributed by atoms with Crippen molar-refractivity contribution in [3.63, 3.8) is 0 Å². The molecule has 1 aromatic rings. The Bertz CT molecular complexity index is 333. The monoisotopic (exact) mass is 202 g/mol. The van der Waals surface area contributed by atoms with Crippen LogP contribution in [0, 0.1) is 13.8 Å². The normalized spacial score (nSPS) is 15.6. The fraction of sp³-hybridized carbons (Fsp3) is 0.250. The fourth-order valence-corrected chi connectivity index (χ4v) is 1.13. The summed E-state index contributed by atoms with van der Waals surface area (Å²) >= 11 is 3.18. The van der Waals surface area contributed by atoms with Gasteiger partial charge in [0.1, 0.15) is 0 Å². The first-order valence-electron chi connectivity index (χ1n) is 4.39. The van der Waals surface area contributed by atoms with Gasteiger partial charge >= 0.3 is 0 Å². The predicted molar refractivity (Wildman–Crippen MR) is 48.0 cm³/mol. The van der Waals surface area contributed by atoms with Crippen molar-refractivity contribution in [2.45, 2.75) is 13.8 Å². The van der Waals surface area contributed by atoms with Gasteiger partial charge in [0.05, 0.1) is 0 Å². The molecule has 0 radical (unpaired) electrons. The molecule has 0 bridgehead atoms. The van der Waals surface area contributed by atoms with E-state index in [1.807, 2.05) is 0 Å². The first-order valence-corrected chi connectivity index (χ1v) is 3.68. The van der Waals surface area contributed by atoms with Crippen LogP contribution in [0.5, 0.6) is 0 Å². The number of aryl methyl sites for hydroxylation is 1. The lowest BCUT2D eigenvalue weighted by Gasteiger charge is -2.04. The van der Waals surface area contributed by atoms with Crippen LogP contribution in [0.15, 0.2) is 16.6 Å². The largest absolute Gasteiger partial charge is 0.398 e. The Hall–Kier alpha value is -0.500. The lowest BCUT2D eigenvalue weighted by atomic mass is 10.1. The highest BCUT2D eigenvalue weighted by atomic mass is 79.9. The molecule has 0 aliphatic carbocycles. The van der Waals surface area contributed by atoms with Gasteiger partial charge in [-0.2, -0.15) is 0 Å². The van der Waals surface area contributed by atoms with Crippen molar-refractivity contribution in [2.24, 2.45) is 0 Å². The van der Waals surface area contributed by atoms with Gasteiger partial charge < -0.3 is 5.73 Å². The van der Waals surface area contributed by atoms with Crippen molar-refractivity contribution in [3.05, 3.63) is 27.7 Å². The standard InChI is InChI=1S/C8H10BrN/c1-5-3-4-7(10)8(9)6(5)2/h3-4H,10H2,1-2H3/i2D3. The van der Waals surface area contributed by atoms with Gasteiger partial charge in [-0.05, 0) is 46.9 Å². The molecular formula is C8H10BrN. The van der Waals surface area contributed by atoms with Gasteiger partial charge in [-0.25, -0.2) is 0 Å². The quantitative estimate of drug-likeness (QED) is 0.644. The van der Waals surface area contributed by atoms with Gasteiger partial charge in [0.25, 0.3) is 0 Å². The number of hydrogen-bond acceptors (Lipinski definition) is 1.